The first-order valence-electron chi connectivity index (χ1n) is 9.23. The summed E-state index contributed by atoms with van der Waals surface area (Å²) in [5.41, 5.74) is 0. The topological polar surface area (TPSA) is 29.2 Å². The van der Waals surface area contributed by atoms with E-state index in [1.54, 1.807) is 0 Å². The Labute approximate surface area is 129 Å². The van der Waals surface area contributed by atoms with Crippen molar-refractivity contribution in [2.75, 3.05) is 39.3 Å². The molecule has 2 saturated heterocycles. The van der Waals surface area contributed by atoms with Crippen LogP contribution in [-0.2, 0) is 4.79 Å². The van der Waals surface area contributed by atoms with Gasteiger partial charge in [0.25, 0.3) is 5.91 Å². The second kappa shape index (κ2) is 7.10. The normalized spacial score (nSPS) is 33.1. The number of likely N-dealkylation sites (tertiary alicyclic amines) is 1. The summed E-state index contributed by atoms with van der Waals surface area (Å²) in [4.78, 5) is 18.0. The van der Waals surface area contributed by atoms with E-state index in [1.807, 2.05) is 4.90 Å². The van der Waals surface area contributed by atoms with Crippen molar-refractivity contribution in [3.05, 3.63) is 0 Å². The molecular formula is C17H33N3O+2. The maximum Gasteiger partial charge on any atom is 0.280 e. The second-order valence-electron chi connectivity index (χ2n) is 7.41. The molecule has 120 valence electrons. The van der Waals surface area contributed by atoms with E-state index in [9.17, 15) is 4.79 Å². The monoisotopic (exact) mass is 295 g/mol. The number of hydrogen-bond acceptors (Lipinski definition) is 1. The van der Waals surface area contributed by atoms with E-state index in [2.05, 4.69) is 11.8 Å². The van der Waals surface area contributed by atoms with E-state index in [-0.39, 0.29) is 6.04 Å². The lowest BCUT2D eigenvalue weighted by Gasteiger charge is -2.38. The lowest BCUT2D eigenvalue weighted by molar-refractivity contribution is -1.03. The molecule has 0 aromatic heterocycles. The highest BCUT2D eigenvalue weighted by atomic mass is 16.2. The first-order chi connectivity index (χ1) is 10.3. The molecule has 1 amide bonds. The van der Waals surface area contributed by atoms with Gasteiger partial charge in [0.1, 0.15) is 26.2 Å². The number of carbonyl (C=O) groups excluding carboxylic acids is 1. The van der Waals surface area contributed by atoms with Gasteiger partial charge in [-0.05, 0) is 45.4 Å². The van der Waals surface area contributed by atoms with Crippen LogP contribution >= 0.6 is 0 Å². The number of carbonyl (C=O) groups is 1. The summed E-state index contributed by atoms with van der Waals surface area (Å²) in [5.74, 6) is 0.406. The van der Waals surface area contributed by atoms with Crippen LogP contribution in [0.3, 0.4) is 0 Å². The standard InChI is InChI=1S/C17H31N3O/c1-15(17(21)20-9-5-6-10-20)18-11-13-19(14-12-18)16-7-3-2-4-8-16/h15-16H,2-14H2,1H3/p+2/t15-/m0/s1. The summed E-state index contributed by atoms with van der Waals surface area (Å²) < 4.78 is 0. The molecule has 2 N–H and O–H groups in total. The first-order valence-corrected chi connectivity index (χ1v) is 9.23. The Bertz CT molecular complexity index is 340. The molecule has 2 heterocycles. The zero-order valence-electron chi connectivity index (χ0n) is 13.7. The smallest absolute Gasteiger partial charge is 0.280 e. The van der Waals surface area contributed by atoms with Gasteiger partial charge >= 0.3 is 0 Å². The summed E-state index contributed by atoms with van der Waals surface area (Å²) in [6, 6.07) is 1.10. The van der Waals surface area contributed by atoms with Crippen molar-refractivity contribution in [3.63, 3.8) is 0 Å². The van der Waals surface area contributed by atoms with Crippen LogP contribution in [0.5, 0.6) is 0 Å². The Morgan fingerprint density at radius 2 is 1.57 bits per heavy atom. The van der Waals surface area contributed by atoms with E-state index in [4.69, 9.17) is 0 Å². The first kappa shape index (κ1) is 15.3. The quantitative estimate of drug-likeness (QED) is 0.695. The summed E-state index contributed by atoms with van der Waals surface area (Å²) >= 11 is 0. The minimum atomic E-state index is 0.177. The molecule has 0 radical (unpaired) electrons. The third kappa shape index (κ3) is 3.59. The number of nitrogens with zero attached hydrogens (tertiary/aromatic N) is 1. The fourth-order valence-electron chi connectivity index (χ4n) is 4.63. The van der Waals surface area contributed by atoms with Gasteiger partial charge in [-0.15, -0.1) is 0 Å². The Morgan fingerprint density at radius 1 is 0.952 bits per heavy atom. The molecule has 0 aromatic rings. The Kier molecular flexibility index (Phi) is 5.17. The number of rotatable bonds is 3. The molecular weight excluding hydrogens is 262 g/mol. The van der Waals surface area contributed by atoms with E-state index in [0.717, 1.165) is 19.1 Å². The van der Waals surface area contributed by atoms with Crippen molar-refractivity contribution >= 4 is 5.91 Å². The van der Waals surface area contributed by atoms with Crippen molar-refractivity contribution in [3.8, 4) is 0 Å². The Balaban J connectivity index is 1.47. The molecule has 0 unspecified atom stereocenters. The Morgan fingerprint density at radius 3 is 2.19 bits per heavy atom. The summed E-state index contributed by atoms with van der Waals surface area (Å²) in [7, 11) is 0. The molecule has 4 heteroatoms. The second-order valence-corrected chi connectivity index (χ2v) is 7.41. The summed E-state index contributed by atoms with van der Waals surface area (Å²) in [6.07, 6.45) is 9.60. The maximum absolute atomic E-state index is 12.5. The average Bonchev–Trinajstić information content (AvgIpc) is 3.09. The highest BCUT2D eigenvalue weighted by molar-refractivity contribution is 5.80. The van der Waals surface area contributed by atoms with Crippen molar-refractivity contribution in [2.45, 2.75) is 64.0 Å². The van der Waals surface area contributed by atoms with Crippen molar-refractivity contribution in [1.82, 2.24) is 4.90 Å². The highest BCUT2D eigenvalue weighted by Crippen LogP contribution is 2.15. The van der Waals surface area contributed by atoms with Crippen LogP contribution in [0.2, 0.25) is 0 Å². The van der Waals surface area contributed by atoms with Gasteiger partial charge in [0.2, 0.25) is 0 Å². The lowest BCUT2D eigenvalue weighted by Crippen LogP contribution is -3.31. The molecule has 2 aliphatic heterocycles. The van der Waals surface area contributed by atoms with Gasteiger partial charge in [0, 0.05) is 13.1 Å². The number of nitrogens with one attached hydrogen (secondary N) is 2. The number of amides is 1. The van der Waals surface area contributed by atoms with E-state index in [0.29, 0.717) is 5.91 Å². The molecule has 0 bridgehead atoms. The molecule has 3 fully saturated rings. The SMILES string of the molecule is C[C@@H](C(=O)N1CCCC1)[NH+]1CC[NH+](C2CCCCC2)CC1. The molecule has 3 aliphatic rings. The van der Waals surface area contributed by atoms with Crippen molar-refractivity contribution in [2.24, 2.45) is 0 Å². The molecule has 1 aliphatic carbocycles. The number of quaternary nitrogens is 2. The minimum absolute atomic E-state index is 0.177. The minimum Gasteiger partial charge on any atom is -0.338 e. The predicted molar refractivity (Wildman–Crippen MR) is 83.5 cm³/mol. The summed E-state index contributed by atoms with van der Waals surface area (Å²) in [6.45, 7) is 9.07. The largest absolute Gasteiger partial charge is 0.338 e. The van der Waals surface area contributed by atoms with Crippen molar-refractivity contribution in [1.29, 1.82) is 0 Å². The fraction of sp³-hybridized carbons (Fsp3) is 0.941. The third-order valence-corrected chi connectivity index (χ3v) is 6.12. The highest BCUT2D eigenvalue weighted by Gasteiger charge is 2.36. The molecule has 0 aromatic carbocycles. The lowest BCUT2D eigenvalue weighted by atomic mass is 9.93. The van der Waals surface area contributed by atoms with Crippen molar-refractivity contribution < 1.29 is 14.6 Å². The van der Waals surface area contributed by atoms with Crippen LogP contribution in [0.15, 0.2) is 0 Å². The van der Waals surface area contributed by atoms with Gasteiger partial charge in [-0.25, -0.2) is 0 Å². The molecule has 3 rings (SSSR count). The van der Waals surface area contributed by atoms with Crippen LogP contribution in [-0.4, -0.2) is 62.2 Å². The van der Waals surface area contributed by atoms with Gasteiger partial charge < -0.3 is 14.7 Å². The zero-order valence-corrected chi connectivity index (χ0v) is 13.7. The van der Waals surface area contributed by atoms with Crippen LogP contribution in [0, 0.1) is 0 Å². The predicted octanol–water partition coefficient (Wildman–Crippen LogP) is -0.887. The van der Waals surface area contributed by atoms with Gasteiger partial charge in [-0.3, -0.25) is 4.79 Å². The third-order valence-electron chi connectivity index (χ3n) is 6.12. The van der Waals surface area contributed by atoms with Crippen LogP contribution in [0.1, 0.15) is 51.9 Å². The van der Waals surface area contributed by atoms with Gasteiger partial charge in [-0.2, -0.15) is 0 Å². The molecule has 0 spiro atoms. The molecule has 1 saturated carbocycles. The molecule has 4 nitrogen and oxygen atoms in total. The molecule has 21 heavy (non-hydrogen) atoms. The van der Waals surface area contributed by atoms with Gasteiger partial charge in [0.05, 0.1) is 6.04 Å². The van der Waals surface area contributed by atoms with E-state index in [1.165, 1.54) is 76.0 Å². The molecule has 1 atom stereocenters. The number of hydrogen-bond donors (Lipinski definition) is 2. The van der Waals surface area contributed by atoms with E-state index < -0.39 is 0 Å². The zero-order chi connectivity index (χ0) is 14.7. The van der Waals surface area contributed by atoms with Gasteiger partial charge in [-0.1, -0.05) is 6.42 Å². The fourth-order valence-corrected chi connectivity index (χ4v) is 4.63. The summed E-state index contributed by atoms with van der Waals surface area (Å²) in [5, 5.41) is 0. The number of piperazine rings is 1. The Hall–Kier alpha value is -0.610. The van der Waals surface area contributed by atoms with Crippen LogP contribution in [0.25, 0.3) is 0 Å². The average molecular weight is 295 g/mol. The van der Waals surface area contributed by atoms with Crippen LogP contribution < -0.4 is 9.80 Å². The van der Waals surface area contributed by atoms with Crippen LogP contribution in [0.4, 0.5) is 0 Å². The van der Waals surface area contributed by atoms with E-state index >= 15 is 0 Å². The maximum atomic E-state index is 12.5. The van der Waals surface area contributed by atoms with Gasteiger partial charge in [0.15, 0.2) is 6.04 Å².